The third kappa shape index (κ3) is 4.80. The van der Waals surface area contributed by atoms with Gasteiger partial charge in [-0.2, -0.15) is 0 Å². The van der Waals surface area contributed by atoms with E-state index in [1.807, 2.05) is 31.2 Å². The van der Waals surface area contributed by atoms with E-state index < -0.39 is 23.3 Å². The molecule has 168 valence electrons. The molecule has 1 atom stereocenters. The van der Waals surface area contributed by atoms with Crippen molar-refractivity contribution in [2.75, 3.05) is 36.1 Å². The van der Waals surface area contributed by atoms with Crippen LogP contribution in [0.4, 0.5) is 25.4 Å². The van der Waals surface area contributed by atoms with Crippen LogP contribution in [0.15, 0.2) is 42.5 Å². The molecule has 2 aliphatic heterocycles. The summed E-state index contributed by atoms with van der Waals surface area (Å²) in [6, 6.07) is 12.4. The third-order valence-electron chi connectivity index (χ3n) is 5.45. The number of amides is 3. The lowest BCUT2D eigenvalue weighted by atomic mass is 10.1. The van der Waals surface area contributed by atoms with Gasteiger partial charge in [0.1, 0.15) is 11.9 Å². The summed E-state index contributed by atoms with van der Waals surface area (Å²) in [4.78, 5) is 40.2. The fraction of sp³-hybridized carbons (Fsp3) is 0.318. The number of nitrogens with one attached hydrogen (secondary N) is 1. The first-order valence-corrected chi connectivity index (χ1v) is 10.6. The molecule has 2 fully saturated rings. The minimum Gasteiger partial charge on any atom is -0.442 e. The Labute approximate surface area is 190 Å². The molecular formula is C22H23FN4O4S. The third-order valence-corrected chi connectivity index (χ3v) is 5.61. The molecule has 0 spiro atoms. The zero-order valence-electron chi connectivity index (χ0n) is 17.5. The van der Waals surface area contributed by atoms with Crippen molar-refractivity contribution in [1.82, 2.24) is 10.2 Å². The number of benzene rings is 2. The van der Waals surface area contributed by atoms with Crippen LogP contribution < -0.4 is 15.1 Å². The number of hydrogen-bond donors (Lipinski definition) is 2. The fourth-order valence-corrected chi connectivity index (χ4v) is 3.86. The number of nitrogens with zero attached hydrogens (tertiary/aromatic N) is 3. The number of hydrogen-bond acceptors (Lipinski definition) is 5. The Morgan fingerprint density at radius 3 is 2.66 bits per heavy atom. The second-order valence-corrected chi connectivity index (χ2v) is 8.26. The van der Waals surface area contributed by atoms with Crippen LogP contribution in [0.2, 0.25) is 0 Å². The highest BCUT2D eigenvalue weighted by atomic mass is 32.1. The number of aryl methyl sites for hydroxylation is 1. The number of ether oxygens (including phenoxy) is 1. The number of halogens is 1. The maximum Gasteiger partial charge on any atom is 0.414 e. The predicted octanol–water partition coefficient (Wildman–Crippen LogP) is 2.91. The Bertz CT molecular complexity index is 1050. The molecule has 3 amide bonds. The van der Waals surface area contributed by atoms with Gasteiger partial charge in [-0.3, -0.25) is 14.5 Å². The molecule has 10 heteroatoms. The topological polar surface area (TPSA) is 82.2 Å². The molecule has 1 N–H and O–H groups in total. The van der Waals surface area contributed by atoms with Crippen molar-refractivity contribution in [2.24, 2.45) is 0 Å². The van der Waals surface area contributed by atoms with Crippen LogP contribution in [0.5, 0.6) is 0 Å². The molecule has 2 aliphatic rings. The first-order valence-electron chi connectivity index (χ1n) is 10.1. The molecule has 0 bridgehead atoms. The summed E-state index contributed by atoms with van der Waals surface area (Å²) in [6.07, 6.45) is -1.16. The van der Waals surface area contributed by atoms with Crippen LogP contribution in [-0.4, -0.2) is 54.5 Å². The van der Waals surface area contributed by atoms with E-state index in [1.54, 1.807) is 21.9 Å². The summed E-state index contributed by atoms with van der Waals surface area (Å²) >= 11 is 3.61. The average molecular weight is 459 g/mol. The summed E-state index contributed by atoms with van der Waals surface area (Å²) < 4.78 is 20.1. The standard InChI is InChI=1S/C22H23FN4O4S/c1-14-2-4-15(5-3-14)10-26-13-25(12-20(26)28)19-7-6-16(8-18(19)23)27-11-17(31-22(27)30)9-24-21(29)32/h2-8,17H,9-13H2,1H3,(H2,24,29,32). The van der Waals surface area contributed by atoms with E-state index in [0.717, 1.165) is 11.1 Å². The van der Waals surface area contributed by atoms with Gasteiger partial charge >= 0.3 is 6.09 Å². The van der Waals surface area contributed by atoms with E-state index in [1.165, 1.54) is 11.0 Å². The fourth-order valence-electron chi connectivity index (χ4n) is 3.77. The van der Waals surface area contributed by atoms with E-state index in [-0.39, 0.29) is 32.2 Å². The predicted molar refractivity (Wildman–Crippen MR) is 120 cm³/mol. The first kappa shape index (κ1) is 21.9. The zero-order valence-corrected chi connectivity index (χ0v) is 18.3. The van der Waals surface area contributed by atoms with Gasteiger partial charge in [-0.1, -0.05) is 42.5 Å². The van der Waals surface area contributed by atoms with Gasteiger partial charge in [0.05, 0.1) is 37.7 Å². The van der Waals surface area contributed by atoms with Crippen molar-refractivity contribution in [3.8, 4) is 0 Å². The zero-order chi connectivity index (χ0) is 22.8. The van der Waals surface area contributed by atoms with Crippen LogP contribution >= 0.6 is 12.6 Å². The summed E-state index contributed by atoms with van der Waals surface area (Å²) in [7, 11) is 0. The lowest BCUT2D eigenvalue weighted by molar-refractivity contribution is -0.127. The Kier molecular flexibility index (Phi) is 6.22. The Morgan fingerprint density at radius 2 is 1.97 bits per heavy atom. The van der Waals surface area contributed by atoms with Gasteiger partial charge in [-0.15, -0.1) is 0 Å². The van der Waals surface area contributed by atoms with Crippen molar-refractivity contribution in [3.63, 3.8) is 0 Å². The van der Waals surface area contributed by atoms with Crippen LogP contribution in [0.1, 0.15) is 11.1 Å². The maximum atomic E-state index is 14.9. The Morgan fingerprint density at radius 1 is 1.22 bits per heavy atom. The van der Waals surface area contributed by atoms with E-state index in [2.05, 4.69) is 17.9 Å². The number of rotatable bonds is 6. The van der Waals surface area contributed by atoms with E-state index >= 15 is 0 Å². The molecule has 0 aromatic heterocycles. The normalized spacial score (nSPS) is 18.3. The molecule has 32 heavy (non-hydrogen) atoms. The molecule has 1 unspecified atom stereocenters. The average Bonchev–Trinajstić information content (AvgIpc) is 3.30. The van der Waals surface area contributed by atoms with Crippen molar-refractivity contribution < 1.29 is 23.5 Å². The second-order valence-electron chi connectivity index (χ2n) is 7.85. The van der Waals surface area contributed by atoms with Crippen molar-refractivity contribution in [1.29, 1.82) is 0 Å². The molecule has 2 heterocycles. The molecule has 0 saturated carbocycles. The van der Waals surface area contributed by atoms with Gasteiger partial charge in [0.2, 0.25) is 5.91 Å². The Balaban J connectivity index is 1.42. The highest BCUT2D eigenvalue weighted by Gasteiger charge is 2.34. The highest BCUT2D eigenvalue weighted by Crippen LogP contribution is 2.29. The van der Waals surface area contributed by atoms with Gasteiger partial charge in [-0.05, 0) is 30.7 Å². The first-order chi connectivity index (χ1) is 15.3. The van der Waals surface area contributed by atoms with Crippen LogP contribution in [-0.2, 0) is 16.1 Å². The van der Waals surface area contributed by atoms with Gasteiger partial charge < -0.3 is 19.9 Å². The summed E-state index contributed by atoms with van der Waals surface area (Å²) in [6.45, 7) is 3.12. The molecule has 2 saturated heterocycles. The van der Waals surface area contributed by atoms with Gasteiger partial charge in [0.25, 0.3) is 5.24 Å². The number of carbonyl (C=O) groups is 3. The number of carbonyl (C=O) groups excluding carboxylic acids is 3. The minimum atomic E-state index is -0.615. The van der Waals surface area contributed by atoms with Crippen LogP contribution in [0.3, 0.4) is 0 Å². The number of anilines is 2. The van der Waals surface area contributed by atoms with Crippen molar-refractivity contribution >= 4 is 41.2 Å². The van der Waals surface area contributed by atoms with Crippen LogP contribution in [0, 0.1) is 12.7 Å². The largest absolute Gasteiger partial charge is 0.442 e. The van der Waals surface area contributed by atoms with E-state index in [9.17, 15) is 18.8 Å². The van der Waals surface area contributed by atoms with Gasteiger partial charge in [0.15, 0.2) is 0 Å². The second kappa shape index (κ2) is 9.07. The SMILES string of the molecule is Cc1ccc(CN2CN(c3ccc(N4CC(CNC(=O)S)OC4=O)cc3F)CC2=O)cc1. The quantitative estimate of drug-likeness (QED) is 0.651. The molecule has 8 nitrogen and oxygen atoms in total. The smallest absolute Gasteiger partial charge is 0.414 e. The van der Waals surface area contributed by atoms with Crippen LogP contribution in [0.25, 0.3) is 0 Å². The monoisotopic (exact) mass is 458 g/mol. The number of cyclic esters (lactones) is 1. The summed E-state index contributed by atoms with van der Waals surface area (Å²) in [5, 5.41) is 1.95. The number of thiol groups is 1. The minimum absolute atomic E-state index is 0.0775. The summed E-state index contributed by atoms with van der Waals surface area (Å²) in [5.41, 5.74) is 2.79. The molecule has 0 radical (unpaired) electrons. The van der Waals surface area contributed by atoms with Gasteiger partial charge in [0, 0.05) is 6.54 Å². The lowest BCUT2D eigenvalue weighted by Gasteiger charge is -2.21. The highest BCUT2D eigenvalue weighted by molar-refractivity contribution is 7.96. The molecule has 2 aromatic carbocycles. The van der Waals surface area contributed by atoms with Gasteiger partial charge in [-0.25, -0.2) is 9.18 Å². The summed E-state index contributed by atoms with van der Waals surface area (Å²) in [5.74, 6) is -0.612. The van der Waals surface area contributed by atoms with Crippen molar-refractivity contribution in [3.05, 3.63) is 59.4 Å². The van der Waals surface area contributed by atoms with Crippen molar-refractivity contribution in [2.45, 2.75) is 19.6 Å². The molecule has 0 aliphatic carbocycles. The molecule has 4 rings (SSSR count). The van der Waals surface area contributed by atoms with E-state index in [4.69, 9.17) is 4.74 Å². The maximum absolute atomic E-state index is 14.9. The molecular weight excluding hydrogens is 435 g/mol. The Hall–Kier alpha value is -3.27. The molecule has 2 aromatic rings. The van der Waals surface area contributed by atoms with E-state index in [0.29, 0.717) is 17.9 Å². The lowest BCUT2D eigenvalue weighted by Crippen LogP contribution is -2.32.